The molecule has 0 aliphatic carbocycles. The van der Waals surface area contributed by atoms with E-state index in [0.29, 0.717) is 5.69 Å². The molecule has 0 saturated carbocycles. The minimum absolute atomic E-state index is 0.0574. The van der Waals surface area contributed by atoms with Crippen molar-refractivity contribution in [2.75, 3.05) is 5.32 Å². The molecule has 1 heterocycles. The number of rotatable bonds is 5. The van der Waals surface area contributed by atoms with Crippen LogP contribution in [-0.4, -0.2) is 10.9 Å². The fraction of sp³-hybridized carbons (Fsp3) is 0.0526. The van der Waals surface area contributed by atoms with Crippen LogP contribution in [0.15, 0.2) is 90.1 Å². The molecular formula is C19H16N2OS. The lowest BCUT2D eigenvalue weighted by Gasteiger charge is -2.17. The SMILES string of the molecule is O=C(Nc1cccnc1)C(Sc1ccccc1)c1ccccc1. The molecule has 1 N–H and O–H groups in total. The molecule has 4 heteroatoms. The number of carbonyl (C=O) groups is 1. The number of benzene rings is 2. The molecule has 3 rings (SSSR count). The Labute approximate surface area is 139 Å². The number of nitrogens with zero attached hydrogens (tertiary/aromatic N) is 1. The number of anilines is 1. The quantitative estimate of drug-likeness (QED) is 0.701. The second kappa shape index (κ2) is 7.61. The number of pyridine rings is 1. The van der Waals surface area contributed by atoms with E-state index in [0.717, 1.165) is 10.5 Å². The number of amides is 1. The summed E-state index contributed by atoms with van der Waals surface area (Å²) in [6.07, 6.45) is 3.33. The van der Waals surface area contributed by atoms with Gasteiger partial charge >= 0.3 is 0 Å². The van der Waals surface area contributed by atoms with Gasteiger partial charge in [-0.25, -0.2) is 0 Å². The zero-order valence-electron chi connectivity index (χ0n) is 12.4. The molecule has 1 unspecified atom stereocenters. The molecule has 23 heavy (non-hydrogen) atoms. The highest BCUT2D eigenvalue weighted by atomic mass is 32.2. The van der Waals surface area contributed by atoms with Crippen molar-refractivity contribution >= 4 is 23.4 Å². The Morgan fingerprint density at radius 2 is 1.61 bits per heavy atom. The molecule has 1 amide bonds. The minimum Gasteiger partial charge on any atom is -0.323 e. The smallest absolute Gasteiger partial charge is 0.242 e. The van der Waals surface area contributed by atoms with Gasteiger partial charge in [0.15, 0.2) is 0 Å². The third-order valence-corrected chi connectivity index (χ3v) is 4.53. The molecule has 0 radical (unpaired) electrons. The van der Waals surface area contributed by atoms with Gasteiger partial charge in [0.25, 0.3) is 0 Å². The maximum atomic E-state index is 12.8. The number of aromatic nitrogens is 1. The van der Waals surface area contributed by atoms with Crippen LogP contribution in [0.3, 0.4) is 0 Å². The number of thioether (sulfide) groups is 1. The largest absolute Gasteiger partial charge is 0.323 e. The van der Waals surface area contributed by atoms with Gasteiger partial charge < -0.3 is 5.32 Å². The van der Waals surface area contributed by atoms with Crippen LogP contribution in [0.5, 0.6) is 0 Å². The highest BCUT2D eigenvalue weighted by Gasteiger charge is 2.22. The van der Waals surface area contributed by atoms with Crippen molar-refractivity contribution in [3.05, 3.63) is 90.8 Å². The van der Waals surface area contributed by atoms with E-state index >= 15 is 0 Å². The minimum atomic E-state index is -0.321. The predicted octanol–water partition coefficient (Wildman–Crippen LogP) is 4.55. The Morgan fingerprint density at radius 1 is 0.913 bits per heavy atom. The van der Waals surface area contributed by atoms with E-state index in [1.807, 2.05) is 66.7 Å². The predicted molar refractivity (Wildman–Crippen MR) is 94.3 cm³/mol. The fourth-order valence-electron chi connectivity index (χ4n) is 2.18. The monoisotopic (exact) mass is 320 g/mol. The van der Waals surface area contributed by atoms with Crippen LogP contribution in [0.2, 0.25) is 0 Å². The molecule has 2 aromatic carbocycles. The van der Waals surface area contributed by atoms with Crippen molar-refractivity contribution in [1.29, 1.82) is 0 Å². The lowest BCUT2D eigenvalue weighted by atomic mass is 10.1. The first-order valence-electron chi connectivity index (χ1n) is 7.30. The second-order valence-corrected chi connectivity index (χ2v) is 6.13. The summed E-state index contributed by atoms with van der Waals surface area (Å²) in [5, 5.41) is 2.62. The lowest BCUT2D eigenvalue weighted by molar-refractivity contribution is -0.115. The van der Waals surface area contributed by atoms with E-state index in [-0.39, 0.29) is 11.2 Å². The summed E-state index contributed by atoms with van der Waals surface area (Å²) in [6.45, 7) is 0. The highest BCUT2D eigenvalue weighted by molar-refractivity contribution is 8.00. The van der Waals surface area contributed by atoms with Crippen LogP contribution in [-0.2, 0) is 4.79 Å². The van der Waals surface area contributed by atoms with Crippen molar-refractivity contribution in [3.8, 4) is 0 Å². The summed E-state index contributed by atoms with van der Waals surface area (Å²) >= 11 is 1.54. The van der Waals surface area contributed by atoms with E-state index in [2.05, 4.69) is 10.3 Å². The van der Waals surface area contributed by atoms with Gasteiger partial charge in [-0.2, -0.15) is 0 Å². The Hall–Kier alpha value is -2.59. The van der Waals surface area contributed by atoms with Crippen LogP contribution in [0.1, 0.15) is 10.8 Å². The summed E-state index contributed by atoms with van der Waals surface area (Å²) in [7, 11) is 0. The van der Waals surface area contributed by atoms with Gasteiger partial charge in [0.1, 0.15) is 5.25 Å². The molecule has 0 aliphatic heterocycles. The van der Waals surface area contributed by atoms with Gasteiger partial charge in [-0.3, -0.25) is 9.78 Å². The van der Waals surface area contributed by atoms with Crippen LogP contribution in [0.25, 0.3) is 0 Å². The summed E-state index contributed by atoms with van der Waals surface area (Å²) in [5.41, 5.74) is 1.68. The van der Waals surface area contributed by atoms with E-state index < -0.39 is 0 Å². The van der Waals surface area contributed by atoms with Crippen molar-refractivity contribution in [1.82, 2.24) is 4.98 Å². The van der Waals surface area contributed by atoms with Crippen molar-refractivity contribution < 1.29 is 4.79 Å². The molecule has 0 bridgehead atoms. The normalized spacial score (nSPS) is 11.7. The Morgan fingerprint density at radius 3 is 2.26 bits per heavy atom. The van der Waals surface area contributed by atoms with Gasteiger partial charge in [-0.1, -0.05) is 48.5 Å². The van der Waals surface area contributed by atoms with Crippen LogP contribution in [0, 0.1) is 0 Å². The summed E-state index contributed by atoms with van der Waals surface area (Å²) < 4.78 is 0. The van der Waals surface area contributed by atoms with Crippen molar-refractivity contribution in [3.63, 3.8) is 0 Å². The summed E-state index contributed by atoms with van der Waals surface area (Å²) in [5.74, 6) is -0.0574. The van der Waals surface area contributed by atoms with Gasteiger partial charge in [-0.15, -0.1) is 11.8 Å². The average molecular weight is 320 g/mol. The molecule has 0 saturated heterocycles. The van der Waals surface area contributed by atoms with Crippen molar-refractivity contribution in [2.45, 2.75) is 10.1 Å². The Bertz CT molecular complexity index is 748. The molecule has 3 aromatic rings. The van der Waals surface area contributed by atoms with Crippen LogP contribution in [0.4, 0.5) is 5.69 Å². The van der Waals surface area contributed by atoms with Gasteiger partial charge in [0.2, 0.25) is 5.91 Å². The second-order valence-electron chi connectivity index (χ2n) is 4.95. The topological polar surface area (TPSA) is 42.0 Å². The van der Waals surface area contributed by atoms with Crippen LogP contribution < -0.4 is 5.32 Å². The van der Waals surface area contributed by atoms with E-state index in [4.69, 9.17) is 0 Å². The van der Waals surface area contributed by atoms with Crippen LogP contribution >= 0.6 is 11.8 Å². The molecule has 0 spiro atoms. The Kier molecular flexibility index (Phi) is 5.06. The molecule has 0 aliphatic rings. The molecule has 1 atom stereocenters. The number of hydrogen-bond acceptors (Lipinski definition) is 3. The maximum absolute atomic E-state index is 12.8. The highest BCUT2D eigenvalue weighted by Crippen LogP contribution is 2.35. The molecular weight excluding hydrogens is 304 g/mol. The molecule has 114 valence electrons. The van der Waals surface area contributed by atoms with Gasteiger partial charge in [0.05, 0.1) is 11.9 Å². The summed E-state index contributed by atoms with van der Waals surface area (Å²) in [6, 6.07) is 23.4. The number of nitrogens with one attached hydrogen (secondary N) is 1. The van der Waals surface area contributed by atoms with Gasteiger partial charge in [-0.05, 0) is 29.8 Å². The maximum Gasteiger partial charge on any atom is 0.242 e. The third kappa shape index (κ3) is 4.20. The van der Waals surface area contributed by atoms with Crippen molar-refractivity contribution in [2.24, 2.45) is 0 Å². The standard InChI is InChI=1S/C19H16N2OS/c22-19(21-16-10-7-13-20-14-16)18(15-8-3-1-4-9-15)23-17-11-5-2-6-12-17/h1-14,18H,(H,21,22). The fourth-order valence-corrected chi connectivity index (χ4v) is 3.23. The average Bonchev–Trinajstić information content (AvgIpc) is 2.62. The number of carbonyl (C=O) groups excluding carboxylic acids is 1. The molecule has 0 fully saturated rings. The van der Waals surface area contributed by atoms with Gasteiger partial charge in [0, 0.05) is 11.1 Å². The first-order valence-corrected chi connectivity index (χ1v) is 8.18. The zero-order chi connectivity index (χ0) is 15.9. The van der Waals surface area contributed by atoms with E-state index in [1.165, 1.54) is 11.8 Å². The lowest BCUT2D eigenvalue weighted by Crippen LogP contribution is -2.19. The van der Waals surface area contributed by atoms with E-state index in [9.17, 15) is 4.79 Å². The summed E-state index contributed by atoms with van der Waals surface area (Å²) in [4.78, 5) is 17.8. The first kappa shape index (κ1) is 15.3. The zero-order valence-corrected chi connectivity index (χ0v) is 13.2. The molecule has 3 nitrogen and oxygen atoms in total. The number of hydrogen-bond donors (Lipinski definition) is 1. The van der Waals surface area contributed by atoms with E-state index in [1.54, 1.807) is 18.5 Å². The third-order valence-electron chi connectivity index (χ3n) is 3.27. The Balaban J connectivity index is 1.84. The first-order chi connectivity index (χ1) is 11.3. The molecule has 1 aromatic heterocycles.